The van der Waals surface area contributed by atoms with Gasteiger partial charge in [-0.3, -0.25) is 0 Å². The maximum absolute atomic E-state index is 6.21. The number of rotatable bonds is 1. The molecule has 5 aliphatic rings. The first-order valence-corrected chi connectivity index (χ1v) is 8.23. The lowest BCUT2D eigenvalue weighted by atomic mass is 9.58. The van der Waals surface area contributed by atoms with Gasteiger partial charge in [-0.1, -0.05) is 13.8 Å². The third kappa shape index (κ3) is 1.81. The van der Waals surface area contributed by atoms with Crippen LogP contribution in [0.15, 0.2) is 0 Å². The molecule has 0 amide bonds. The third-order valence-corrected chi connectivity index (χ3v) is 6.33. The van der Waals surface area contributed by atoms with Gasteiger partial charge in [0.2, 0.25) is 5.79 Å². The van der Waals surface area contributed by atoms with Crippen molar-refractivity contribution in [2.45, 2.75) is 70.4 Å². The molecule has 2 bridgehead atoms. The molecule has 0 aromatic carbocycles. The molecule has 0 N–H and O–H groups in total. The van der Waals surface area contributed by atoms with E-state index in [-0.39, 0.29) is 12.2 Å². The van der Waals surface area contributed by atoms with Crippen molar-refractivity contribution in [3.63, 3.8) is 0 Å². The van der Waals surface area contributed by atoms with E-state index in [2.05, 4.69) is 13.8 Å². The van der Waals surface area contributed by atoms with Crippen LogP contribution in [0.4, 0.5) is 0 Å². The largest absolute Gasteiger partial charge is 0.355 e. The molecule has 1 spiro atoms. The van der Waals surface area contributed by atoms with Crippen LogP contribution >= 0.6 is 0 Å². The molecule has 4 saturated heterocycles. The quantitative estimate of drug-likeness (QED) is 0.697. The fourth-order valence-corrected chi connectivity index (χ4v) is 5.14. The lowest BCUT2D eigenvalue weighted by Gasteiger charge is -2.60. The van der Waals surface area contributed by atoms with Gasteiger partial charge in [0.25, 0.3) is 0 Å². The Morgan fingerprint density at radius 3 is 2.62 bits per heavy atom. The second-order valence-corrected chi connectivity index (χ2v) is 7.51. The molecule has 21 heavy (non-hydrogen) atoms. The molecular formula is C16H26O5. The van der Waals surface area contributed by atoms with Gasteiger partial charge < -0.3 is 14.2 Å². The van der Waals surface area contributed by atoms with Crippen molar-refractivity contribution in [1.29, 1.82) is 0 Å². The van der Waals surface area contributed by atoms with Gasteiger partial charge in [-0.2, -0.15) is 0 Å². The lowest BCUT2D eigenvalue weighted by Crippen LogP contribution is -2.70. The normalized spacial score (nSPS) is 59.4. The van der Waals surface area contributed by atoms with Crippen LogP contribution in [0, 0.1) is 23.7 Å². The Bertz CT molecular complexity index is 429. The fourth-order valence-electron chi connectivity index (χ4n) is 5.14. The second kappa shape index (κ2) is 4.65. The smallest absolute Gasteiger partial charge is 0.201 e. The van der Waals surface area contributed by atoms with Crippen molar-refractivity contribution in [2.75, 3.05) is 7.11 Å². The Hall–Kier alpha value is -0.200. The zero-order chi connectivity index (χ0) is 14.8. The van der Waals surface area contributed by atoms with Gasteiger partial charge in [0.05, 0.1) is 0 Å². The maximum Gasteiger partial charge on any atom is 0.201 e. The summed E-state index contributed by atoms with van der Waals surface area (Å²) in [5.74, 6) is 0.953. The van der Waals surface area contributed by atoms with Gasteiger partial charge in [-0.25, -0.2) is 9.78 Å². The van der Waals surface area contributed by atoms with Crippen LogP contribution in [0.5, 0.6) is 0 Å². The van der Waals surface area contributed by atoms with Crippen LogP contribution in [-0.2, 0) is 24.0 Å². The highest BCUT2D eigenvalue weighted by atomic mass is 17.3. The Kier molecular flexibility index (Phi) is 3.19. The predicted octanol–water partition coefficient (Wildman–Crippen LogP) is 2.84. The molecule has 0 aromatic heterocycles. The molecule has 3 unspecified atom stereocenters. The number of hydrogen-bond acceptors (Lipinski definition) is 5. The summed E-state index contributed by atoms with van der Waals surface area (Å²) < 4.78 is 17.9. The topological polar surface area (TPSA) is 46.2 Å². The molecule has 5 heteroatoms. The minimum Gasteiger partial charge on any atom is -0.355 e. The fraction of sp³-hybridized carbons (Fsp3) is 1.00. The van der Waals surface area contributed by atoms with Crippen molar-refractivity contribution in [3.05, 3.63) is 0 Å². The van der Waals surface area contributed by atoms with Gasteiger partial charge in [0.15, 0.2) is 18.2 Å². The maximum atomic E-state index is 6.21. The molecule has 0 radical (unpaired) electrons. The van der Waals surface area contributed by atoms with E-state index >= 15 is 0 Å². The molecule has 1 saturated carbocycles. The van der Waals surface area contributed by atoms with Crippen LogP contribution < -0.4 is 0 Å². The summed E-state index contributed by atoms with van der Waals surface area (Å²) in [7, 11) is 1.70. The van der Waals surface area contributed by atoms with Crippen molar-refractivity contribution >= 4 is 0 Å². The van der Waals surface area contributed by atoms with E-state index in [9.17, 15) is 0 Å². The highest BCUT2D eigenvalue weighted by Gasteiger charge is 2.69. The molecule has 120 valence electrons. The zero-order valence-corrected chi connectivity index (χ0v) is 13.3. The summed E-state index contributed by atoms with van der Waals surface area (Å²) in [5.41, 5.74) is -0.470. The molecular weight excluding hydrogens is 272 g/mol. The third-order valence-electron chi connectivity index (χ3n) is 6.33. The molecule has 4 aliphatic heterocycles. The summed E-state index contributed by atoms with van der Waals surface area (Å²) in [6.07, 6.45) is 3.64. The van der Waals surface area contributed by atoms with E-state index in [1.54, 1.807) is 7.11 Å². The summed E-state index contributed by atoms with van der Waals surface area (Å²) in [6, 6.07) is 0. The summed E-state index contributed by atoms with van der Waals surface area (Å²) in [5, 5.41) is 0. The van der Waals surface area contributed by atoms with E-state index in [4.69, 9.17) is 24.0 Å². The monoisotopic (exact) mass is 298 g/mol. The SMILES string of the molecule is CO[C@H]1OC2O[C@@]3(C)CCC4[C@H](C)CCC([C@H]1C)[C@@]24OO3. The average molecular weight is 298 g/mol. The van der Waals surface area contributed by atoms with Crippen molar-refractivity contribution in [1.82, 2.24) is 0 Å². The number of methoxy groups -OCH3 is 1. The average Bonchev–Trinajstić information content (AvgIpc) is 2.69. The highest BCUT2D eigenvalue weighted by Crippen LogP contribution is 2.60. The first kappa shape index (κ1) is 14.4. The van der Waals surface area contributed by atoms with Crippen molar-refractivity contribution in [2.24, 2.45) is 23.7 Å². The Labute approximate surface area is 126 Å². The summed E-state index contributed by atoms with van der Waals surface area (Å²) in [4.78, 5) is 11.8. The highest BCUT2D eigenvalue weighted by molar-refractivity contribution is 5.08. The van der Waals surface area contributed by atoms with E-state index in [0.717, 1.165) is 19.3 Å². The summed E-state index contributed by atoms with van der Waals surface area (Å²) in [6.45, 7) is 6.46. The van der Waals surface area contributed by atoms with Crippen LogP contribution in [0.2, 0.25) is 0 Å². The standard InChI is InChI=1S/C16H26O5/c1-9-5-6-12-10(2)13(17-4)18-14-16(12)11(9)7-8-15(3,19-14)20-21-16/h9-14H,5-8H2,1-4H3/t9-,10-,11?,12?,13+,14?,15-,16-/m1/s1. The van der Waals surface area contributed by atoms with E-state index in [0.29, 0.717) is 17.8 Å². The predicted molar refractivity (Wildman–Crippen MR) is 73.8 cm³/mol. The minimum atomic E-state index is -0.698. The molecule has 8 atom stereocenters. The van der Waals surface area contributed by atoms with Crippen LogP contribution in [0.3, 0.4) is 0 Å². The number of hydrogen-bond donors (Lipinski definition) is 0. The second-order valence-electron chi connectivity index (χ2n) is 7.51. The number of ether oxygens (including phenoxy) is 3. The van der Waals surface area contributed by atoms with Gasteiger partial charge in [-0.15, -0.1) is 0 Å². The zero-order valence-electron chi connectivity index (χ0n) is 13.3. The minimum absolute atomic E-state index is 0.230. The van der Waals surface area contributed by atoms with Crippen LogP contribution in [-0.4, -0.2) is 31.1 Å². The molecule has 4 heterocycles. The van der Waals surface area contributed by atoms with Gasteiger partial charge in [0, 0.05) is 25.4 Å². The van der Waals surface area contributed by atoms with Crippen molar-refractivity contribution in [3.8, 4) is 0 Å². The summed E-state index contributed by atoms with van der Waals surface area (Å²) >= 11 is 0. The Morgan fingerprint density at radius 2 is 1.86 bits per heavy atom. The van der Waals surface area contributed by atoms with Crippen LogP contribution in [0.1, 0.15) is 46.5 Å². The molecule has 5 fully saturated rings. The Morgan fingerprint density at radius 1 is 1.05 bits per heavy atom. The lowest BCUT2D eigenvalue weighted by molar-refractivity contribution is -0.577. The van der Waals surface area contributed by atoms with Crippen LogP contribution in [0.25, 0.3) is 0 Å². The first-order valence-electron chi connectivity index (χ1n) is 8.23. The Balaban J connectivity index is 1.79. The molecule has 5 nitrogen and oxygen atoms in total. The molecule has 0 aromatic rings. The van der Waals surface area contributed by atoms with E-state index < -0.39 is 17.7 Å². The van der Waals surface area contributed by atoms with E-state index in [1.807, 2.05) is 6.92 Å². The van der Waals surface area contributed by atoms with Gasteiger partial charge in [0.1, 0.15) is 0 Å². The molecule has 5 rings (SSSR count). The number of fused-ring (bicyclic) bond motifs is 2. The van der Waals surface area contributed by atoms with E-state index in [1.165, 1.54) is 6.42 Å². The van der Waals surface area contributed by atoms with Gasteiger partial charge >= 0.3 is 0 Å². The molecule has 1 aliphatic carbocycles. The van der Waals surface area contributed by atoms with Crippen molar-refractivity contribution < 1.29 is 24.0 Å². The van der Waals surface area contributed by atoms with Gasteiger partial charge in [-0.05, 0) is 38.0 Å². The first-order chi connectivity index (χ1) is 10.00.